The molecule has 2 aliphatic rings. The second-order valence-electron chi connectivity index (χ2n) is 12.2. The van der Waals surface area contributed by atoms with Crippen LogP contribution in [0.15, 0.2) is 79.1 Å². The van der Waals surface area contributed by atoms with Crippen molar-refractivity contribution in [2.45, 2.75) is 31.8 Å². The number of hydrogen-bond acceptors (Lipinski definition) is 8. The van der Waals surface area contributed by atoms with Crippen LogP contribution in [0.1, 0.15) is 74.3 Å². The van der Waals surface area contributed by atoms with Crippen molar-refractivity contribution in [1.82, 2.24) is 24.7 Å². The first-order valence-electron chi connectivity index (χ1n) is 16.3. The highest BCUT2D eigenvalue weighted by Gasteiger charge is 2.43. The molecule has 2 atom stereocenters. The zero-order valence-corrected chi connectivity index (χ0v) is 27.9. The first-order chi connectivity index (χ1) is 23.3. The number of aromatic nitrogens is 2. The maximum absolute atomic E-state index is 14.4. The number of imide groups is 1. The highest BCUT2D eigenvalue weighted by Crippen LogP contribution is 2.40. The van der Waals surface area contributed by atoms with Crippen LogP contribution in [0.25, 0.3) is 0 Å². The first kappa shape index (κ1) is 32.8. The number of benzene rings is 3. The molecule has 1 N–H and O–H groups in total. The number of amides is 3. The van der Waals surface area contributed by atoms with E-state index in [4.69, 9.17) is 9.47 Å². The number of methoxy groups -OCH3 is 2. The highest BCUT2D eigenvalue weighted by molar-refractivity contribution is 6.24. The number of ether oxygens (including phenoxy) is 2. The maximum atomic E-state index is 14.4. The number of nitrogens with zero attached hydrogens (tertiary/aromatic N) is 5. The van der Waals surface area contributed by atoms with Crippen molar-refractivity contribution in [1.29, 1.82) is 0 Å². The number of carbonyl (C=O) groups excluding carboxylic acids is 3. The maximum Gasteiger partial charge on any atom is 0.287 e. The molecule has 6 rings (SSSR count). The van der Waals surface area contributed by atoms with E-state index in [0.29, 0.717) is 47.8 Å². The van der Waals surface area contributed by atoms with E-state index in [9.17, 15) is 14.4 Å². The van der Waals surface area contributed by atoms with Gasteiger partial charge in [0.05, 0.1) is 37.1 Å². The van der Waals surface area contributed by atoms with Gasteiger partial charge in [0.25, 0.3) is 17.7 Å². The van der Waals surface area contributed by atoms with Gasteiger partial charge in [-0.3, -0.25) is 24.2 Å². The van der Waals surface area contributed by atoms with E-state index in [2.05, 4.69) is 51.3 Å². The summed E-state index contributed by atoms with van der Waals surface area (Å²) in [6.07, 6.45) is 4.22. The molecule has 250 valence electrons. The molecule has 11 nitrogen and oxygen atoms in total. The van der Waals surface area contributed by atoms with Gasteiger partial charge in [0.1, 0.15) is 0 Å². The third-order valence-corrected chi connectivity index (χ3v) is 9.48. The number of aryl methyl sites for hydroxylation is 1. The lowest BCUT2D eigenvalue weighted by Crippen LogP contribution is -2.47. The summed E-state index contributed by atoms with van der Waals surface area (Å²) in [5, 5.41) is 2.91. The van der Waals surface area contributed by atoms with Crippen molar-refractivity contribution < 1.29 is 23.9 Å². The van der Waals surface area contributed by atoms with Crippen molar-refractivity contribution in [3.8, 4) is 11.5 Å². The second-order valence-corrected chi connectivity index (χ2v) is 12.2. The summed E-state index contributed by atoms with van der Waals surface area (Å²) in [6.45, 7) is 5.72. The Bertz CT molecular complexity index is 1780. The van der Waals surface area contributed by atoms with Gasteiger partial charge in [0, 0.05) is 58.2 Å². The Morgan fingerprint density at radius 1 is 0.896 bits per heavy atom. The van der Waals surface area contributed by atoms with Gasteiger partial charge in [0.15, 0.2) is 17.3 Å². The summed E-state index contributed by atoms with van der Waals surface area (Å²) in [5.74, 6) is 0.437. The monoisotopic (exact) mass is 650 g/mol. The molecule has 1 fully saturated rings. The van der Waals surface area contributed by atoms with E-state index in [-0.39, 0.29) is 23.8 Å². The van der Waals surface area contributed by atoms with Gasteiger partial charge in [-0.05, 0) is 55.2 Å². The minimum Gasteiger partial charge on any atom is -0.493 e. The van der Waals surface area contributed by atoms with Crippen LogP contribution in [0.4, 0.5) is 5.69 Å². The molecule has 0 saturated carbocycles. The predicted octanol–water partition coefficient (Wildman–Crippen LogP) is 4.87. The average molecular weight is 651 g/mol. The average Bonchev–Trinajstić information content (AvgIpc) is 3.67. The summed E-state index contributed by atoms with van der Waals surface area (Å²) in [7, 11) is 4.88. The van der Waals surface area contributed by atoms with Crippen LogP contribution in [0.2, 0.25) is 0 Å². The number of hydrogen-bond donors (Lipinski definition) is 1. The number of rotatable bonds is 12. The molecule has 3 heterocycles. The zero-order chi connectivity index (χ0) is 33.8. The topological polar surface area (TPSA) is 109 Å². The summed E-state index contributed by atoms with van der Waals surface area (Å²) in [4.78, 5) is 51.3. The standard InChI is InChI=1S/C37H42N6O5/c1-25(26-10-6-5-7-11-26)41-20-22-42(23-21-41)30-13-8-12-28-33(30)37(46)43(36(28)45)29(27-15-16-31(47-3)32(24-27)48-4)14-9-17-39-35(44)34-38-18-19-40(34)2/h5-8,10-13,15-16,18-19,24-25,29H,9,14,17,20-23H2,1-4H3,(H,39,44)/t25-,29-/m1/s1. The lowest BCUT2D eigenvalue weighted by molar-refractivity contribution is 0.0570. The summed E-state index contributed by atoms with van der Waals surface area (Å²) in [5.41, 5.74) is 3.66. The van der Waals surface area contributed by atoms with Crippen molar-refractivity contribution in [3.05, 3.63) is 107 Å². The Balaban J connectivity index is 1.23. The molecule has 1 aromatic heterocycles. The predicted molar refractivity (Wildman–Crippen MR) is 183 cm³/mol. The van der Waals surface area contributed by atoms with Crippen molar-refractivity contribution in [2.75, 3.05) is 51.8 Å². The number of nitrogens with one attached hydrogen (secondary N) is 1. The SMILES string of the molecule is COc1ccc([C@@H](CCCNC(=O)c2nccn2C)N2C(=O)c3cccc(N4CCN([C@H](C)c5ccccc5)CC4)c3C2=O)cc1OC. The number of piperazine rings is 1. The number of anilines is 1. The number of imidazole rings is 1. The van der Waals surface area contributed by atoms with Gasteiger partial charge in [-0.15, -0.1) is 0 Å². The molecular weight excluding hydrogens is 608 g/mol. The molecule has 0 aliphatic carbocycles. The van der Waals surface area contributed by atoms with Crippen LogP contribution in [0, 0.1) is 0 Å². The molecule has 4 aromatic rings. The minimum atomic E-state index is -0.598. The Morgan fingerprint density at radius 2 is 1.65 bits per heavy atom. The molecular formula is C37H42N6O5. The highest BCUT2D eigenvalue weighted by atomic mass is 16.5. The fourth-order valence-electron chi connectivity index (χ4n) is 6.79. The van der Waals surface area contributed by atoms with Crippen LogP contribution in [-0.2, 0) is 7.05 Å². The van der Waals surface area contributed by atoms with Gasteiger partial charge >= 0.3 is 0 Å². The van der Waals surface area contributed by atoms with Crippen molar-refractivity contribution >= 4 is 23.4 Å². The Morgan fingerprint density at radius 3 is 2.33 bits per heavy atom. The summed E-state index contributed by atoms with van der Waals surface area (Å²) >= 11 is 0. The number of carbonyl (C=O) groups is 3. The van der Waals surface area contributed by atoms with Gasteiger partial charge in [0.2, 0.25) is 0 Å². The molecule has 0 radical (unpaired) electrons. The molecule has 3 amide bonds. The Hall–Kier alpha value is -5.16. The second kappa shape index (κ2) is 14.3. The number of fused-ring (bicyclic) bond motifs is 1. The fourth-order valence-corrected chi connectivity index (χ4v) is 6.79. The Labute approximate surface area is 281 Å². The van der Waals surface area contributed by atoms with E-state index < -0.39 is 6.04 Å². The molecule has 3 aromatic carbocycles. The third-order valence-electron chi connectivity index (χ3n) is 9.48. The molecule has 48 heavy (non-hydrogen) atoms. The van der Waals surface area contributed by atoms with Crippen molar-refractivity contribution in [3.63, 3.8) is 0 Å². The van der Waals surface area contributed by atoms with Crippen LogP contribution in [-0.4, -0.2) is 84.0 Å². The van der Waals surface area contributed by atoms with Crippen LogP contribution < -0.4 is 19.7 Å². The van der Waals surface area contributed by atoms with E-state index in [1.165, 1.54) is 10.5 Å². The Kier molecular flexibility index (Phi) is 9.77. The van der Waals surface area contributed by atoms with Gasteiger partial charge in [-0.2, -0.15) is 0 Å². The van der Waals surface area contributed by atoms with Gasteiger partial charge in [-0.25, -0.2) is 4.98 Å². The molecule has 11 heteroatoms. The molecule has 0 unspecified atom stereocenters. The minimum absolute atomic E-state index is 0.282. The molecule has 0 bridgehead atoms. The molecule has 2 aliphatic heterocycles. The first-order valence-corrected chi connectivity index (χ1v) is 16.3. The lowest BCUT2D eigenvalue weighted by atomic mass is 9.99. The fraction of sp³-hybridized carbons (Fsp3) is 0.351. The third kappa shape index (κ3) is 6.37. The van der Waals surface area contributed by atoms with E-state index >= 15 is 0 Å². The van der Waals surface area contributed by atoms with Gasteiger partial charge in [-0.1, -0.05) is 42.5 Å². The normalized spacial score (nSPS) is 16.1. The summed E-state index contributed by atoms with van der Waals surface area (Å²) in [6, 6.07) is 21.2. The zero-order valence-electron chi connectivity index (χ0n) is 27.9. The summed E-state index contributed by atoms with van der Waals surface area (Å²) < 4.78 is 12.7. The largest absolute Gasteiger partial charge is 0.493 e. The van der Waals surface area contributed by atoms with Gasteiger partial charge < -0.3 is 24.3 Å². The lowest BCUT2D eigenvalue weighted by Gasteiger charge is -2.39. The van der Waals surface area contributed by atoms with E-state index in [1.807, 2.05) is 30.3 Å². The van der Waals surface area contributed by atoms with Crippen LogP contribution >= 0.6 is 0 Å². The van der Waals surface area contributed by atoms with Crippen molar-refractivity contribution in [2.24, 2.45) is 7.05 Å². The van der Waals surface area contributed by atoms with Crippen LogP contribution in [0.3, 0.4) is 0 Å². The van der Waals surface area contributed by atoms with E-state index in [0.717, 1.165) is 37.4 Å². The quantitative estimate of drug-likeness (QED) is 0.171. The van der Waals surface area contributed by atoms with Crippen LogP contribution in [0.5, 0.6) is 11.5 Å². The smallest absolute Gasteiger partial charge is 0.287 e. The van der Waals surface area contributed by atoms with E-state index in [1.54, 1.807) is 50.4 Å². The molecule has 1 saturated heterocycles. The molecule has 0 spiro atoms.